The largest absolute Gasteiger partial charge is 0.480 e. The van der Waals surface area contributed by atoms with Crippen molar-refractivity contribution in [1.29, 1.82) is 0 Å². The summed E-state index contributed by atoms with van der Waals surface area (Å²) in [5.41, 5.74) is 0. The predicted octanol–water partition coefficient (Wildman–Crippen LogP) is 1.63. The summed E-state index contributed by atoms with van der Waals surface area (Å²) in [4.78, 5) is 26.1. The van der Waals surface area contributed by atoms with E-state index in [0.29, 0.717) is 12.5 Å². The summed E-state index contributed by atoms with van der Waals surface area (Å²) >= 11 is 0. The van der Waals surface area contributed by atoms with Crippen LogP contribution in [0, 0.1) is 5.92 Å². The normalized spacial score (nSPS) is 24.5. The van der Waals surface area contributed by atoms with Crippen LogP contribution in [0.2, 0.25) is 0 Å². The molecule has 5 heteroatoms. The third-order valence-corrected chi connectivity index (χ3v) is 3.60. The Labute approximate surface area is 102 Å². The van der Waals surface area contributed by atoms with Crippen LogP contribution in [-0.2, 0) is 4.79 Å². The highest BCUT2D eigenvalue weighted by molar-refractivity contribution is 5.80. The molecule has 2 unspecified atom stereocenters. The monoisotopic (exact) mass is 242 g/mol. The van der Waals surface area contributed by atoms with Gasteiger partial charge in [0.15, 0.2) is 0 Å². The number of carbonyl (C=O) groups is 2. The zero-order valence-electron chi connectivity index (χ0n) is 10.8. The Kier molecular flexibility index (Phi) is 4.78. The van der Waals surface area contributed by atoms with Gasteiger partial charge in [-0.05, 0) is 32.6 Å². The molecule has 0 aromatic rings. The number of likely N-dealkylation sites (N-methyl/N-ethyl adjacent to an activating group) is 1. The van der Waals surface area contributed by atoms with Crippen molar-refractivity contribution >= 4 is 12.0 Å². The summed E-state index contributed by atoms with van der Waals surface area (Å²) in [6.45, 7) is 6.93. The van der Waals surface area contributed by atoms with E-state index in [0.717, 1.165) is 19.4 Å². The number of hydrogen-bond donors (Lipinski definition) is 1. The summed E-state index contributed by atoms with van der Waals surface area (Å²) < 4.78 is 0. The molecule has 17 heavy (non-hydrogen) atoms. The molecule has 0 aliphatic carbocycles. The van der Waals surface area contributed by atoms with Gasteiger partial charge >= 0.3 is 12.0 Å². The van der Waals surface area contributed by atoms with Crippen molar-refractivity contribution in [2.75, 3.05) is 19.6 Å². The van der Waals surface area contributed by atoms with Crippen LogP contribution >= 0.6 is 0 Å². The predicted molar refractivity (Wildman–Crippen MR) is 64.8 cm³/mol. The van der Waals surface area contributed by atoms with Gasteiger partial charge in [0.2, 0.25) is 0 Å². The van der Waals surface area contributed by atoms with Crippen LogP contribution in [0.25, 0.3) is 0 Å². The van der Waals surface area contributed by atoms with E-state index in [1.807, 2.05) is 6.92 Å². The van der Waals surface area contributed by atoms with Crippen molar-refractivity contribution in [3.63, 3.8) is 0 Å². The molecule has 2 amide bonds. The number of hydrogen-bond acceptors (Lipinski definition) is 2. The highest BCUT2D eigenvalue weighted by atomic mass is 16.4. The topological polar surface area (TPSA) is 60.9 Å². The molecule has 5 nitrogen and oxygen atoms in total. The zero-order valence-corrected chi connectivity index (χ0v) is 10.8. The Bertz CT molecular complexity index is 293. The standard InChI is InChI=1S/C12H22N2O3/c1-4-13(8-11(15)16)12(17)14-7-5-6-9(2)10(14)3/h9-10H,4-8H2,1-3H3,(H,15,16). The fraction of sp³-hybridized carbons (Fsp3) is 0.833. The summed E-state index contributed by atoms with van der Waals surface area (Å²) in [6.07, 6.45) is 2.14. The lowest BCUT2D eigenvalue weighted by Crippen LogP contribution is -2.52. The first-order chi connectivity index (χ1) is 7.97. The van der Waals surface area contributed by atoms with Gasteiger partial charge in [0.25, 0.3) is 0 Å². The van der Waals surface area contributed by atoms with Crippen LogP contribution in [0.1, 0.15) is 33.6 Å². The number of rotatable bonds is 3. The molecule has 1 N–H and O–H groups in total. The molecular formula is C12H22N2O3. The first-order valence-corrected chi connectivity index (χ1v) is 6.24. The van der Waals surface area contributed by atoms with Crippen LogP contribution in [0.3, 0.4) is 0 Å². The second-order valence-corrected chi connectivity index (χ2v) is 4.74. The van der Waals surface area contributed by atoms with E-state index in [-0.39, 0.29) is 18.6 Å². The van der Waals surface area contributed by atoms with Crippen molar-refractivity contribution in [3.8, 4) is 0 Å². The second kappa shape index (κ2) is 5.89. The van der Waals surface area contributed by atoms with Crippen molar-refractivity contribution in [3.05, 3.63) is 0 Å². The van der Waals surface area contributed by atoms with E-state index >= 15 is 0 Å². The zero-order chi connectivity index (χ0) is 13.0. The molecule has 0 spiro atoms. The fourth-order valence-corrected chi connectivity index (χ4v) is 2.27. The van der Waals surface area contributed by atoms with Gasteiger partial charge in [-0.3, -0.25) is 4.79 Å². The van der Waals surface area contributed by atoms with E-state index in [1.165, 1.54) is 4.90 Å². The van der Waals surface area contributed by atoms with Crippen molar-refractivity contribution in [1.82, 2.24) is 9.80 Å². The Morgan fingerprint density at radius 2 is 2.06 bits per heavy atom. The molecule has 0 aromatic heterocycles. The van der Waals surface area contributed by atoms with Gasteiger partial charge < -0.3 is 14.9 Å². The lowest BCUT2D eigenvalue weighted by Gasteiger charge is -2.40. The molecule has 1 saturated heterocycles. The van der Waals surface area contributed by atoms with E-state index in [4.69, 9.17) is 5.11 Å². The number of piperidine rings is 1. The fourth-order valence-electron chi connectivity index (χ4n) is 2.27. The Morgan fingerprint density at radius 1 is 1.41 bits per heavy atom. The number of carboxylic acids is 1. The number of urea groups is 1. The van der Waals surface area contributed by atoms with Crippen molar-refractivity contribution in [2.45, 2.75) is 39.7 Å². The highest BCUT2D eigenvalue weighted by Crippen LogP contribution is 2.23. The average molecular weight is 242 g/mol. The van der Waals surface area contributed by atoms with Gasteiger partial charge in [-0.1, -0.05) is 6.92 Å². The van der Waals surface area contributed by atoms with E-state index < -0.39 is 5.97 Å². The second-order valence-electron chi connectivity index (χ2n) is 4.74. The minimum Gasteiger partial charge on any atom is -0.480 e. The number of nitrogens with zero attached hydrogens (tertiary/aromatic N) is 2. The first kappa shape index (κ1) is 13.8. The first-order valence-electron chi connectivity index (χ1n) is 6.24. The molecule has 1 aliphatic heterocycles. The smallest absolute Gasteiger partial charge is 0.323 e. The quantitative estimate of drug-likeness (QED) is 0.818. The number of aliphatic carboxylic acids is 1. The average Bonchev–Trinajstić information content (AvgIpc) is 2.28. The lowest BCUT2D eigenvalue weighted by atomic mass is 9.92. The number of carbonyl (C=O) groups excluding carboxylic acids is 1. The highest BCUT2D eigenvalue weighted by Gasteiger charge is 2.31. The van der Waals surface area contributed by atoms with Gasteiger partial charge in [0.05, 0.1) is 0 Å². The van der Waals surface area contributed by atoms with Crippen LogP contribution in [0.15, 0.2) is 0 Å². The van der Waals surface area contributed by atoms with Gasteiger partial charge in [-0.2, -0.15) is 0 Å². The molecule has 1 aliphatic rings. The lowest BCUT2D eigenvalue weighted by molar-refractivity contribution is -0.137. The van der Waals surface area contributed by atoms with Gasteiger partial charge in [0, 0.05) is 19.1 Å². The minimum absolute atomic E-state index is 0.144. The SMILES string of the molecule is CCN(CC(=O)O)C(=O)N1CCCC(C)C1C. The summed E-state index contributed by atoms with van der Waals surface area (Å²) in [7, 11) is 0. The van der Waals surface area contributed by atoms with Crippen LogP contribution in [0.4, 0.5) is 4.79 Å². The van der Waals surface area contributed by atoms with Crippen LogP contribution in [0.5, 0.6) is 0 Å². The van der Waals surface area contributed by atoms with Gasteiger partial charge in [-0.25, -0.2) is 4.79 Å². The van der Waals surface area contributed by atoms with Gasteiger partial charge in [-0.15, -0.1) is 0 Å². The summed E-state index contributed by atoms with van der Waals surface area (Å²) in [6, 6.07) is 0.0491. The van der Waals surface area contributed by atoms with Crippen LogP contribution < -0.4 is 0 Å². The molecule has 98 valence electrons. The Balaban J connectivity index is 2.69. The molecular weight excluding hydrogens is 220 g/mol. The number of likely N-dealkylation sites (tertiary alicyclic amines) is 1. The molecule has 1 heterocycles. The Morgan fingerprint density at radius 3 is 2.59 bits per heavy atom. The van der Waals surface area contributed by atoms with E-state index in [9.17, 15) is 9.59 Å². The maximum absolute atomic E-state index is 12.2. The number of carboxylic acid groups (broad SMARTS) is 1. The van der Waals surface area contributed by atoms with Gasteiger partial charge in [0.1, 0.15) is 6.54 Å². The number of amides is 2. The van der Waals surface area contributed by atoms with Crippen LogP contribution in [-0.4, -0.2) is 52.6 Å². The minimum atomic E-state index is -0.960. The molecule has 1 rings (SSSR count). The molecule has 0 radical (unpaired) electrons. The molecule has 2 atom stereocenters. The maximum atomic E-state index is 12.2. The molecule has 0 bridgehead atoms. The van der Waals surface area contributed by atoms with Crippen molar-refractivity contribution < 1.29 is 14.7 Å². The molecule has 0 saturated carbocycles. The summed E-state index contributed by atoms with van der Waals surface area (Å²) in [5, 5.41) is 8.77. The van der Waals surface area contributed by atoms with Crippen molar-refractivity contribution in [2.24, 2.45) is 5.92 Å². The van der Waals surface area contributed by atoms with E-state index in [1.54, 1.807) is 11.8 Å². The van der Waals surface area contributed by atoms with E-state index in [2.05, 4.69) is 6.92 Å². The maximum Gasteiger partial charge on any atom is 0.323 e. The molecule has 0 aromatic carbocycles. The third kappa shape index (κ3) is 3.35. The summed E-state index contributed by atoms with van der Waals surface area (Å²) in [5.74, 6) is -0.478. The Hall–Kier alpha value is -1.26. The molecule has 1 fully saturated rings. The third-order valence-electron chi connectivity index (χ3n) is 3.60.